The van der Waals surface area contributed by atoms with Crippen LogP contribution >= 0.6 is 0 Å². The van der Waals surface area contributed by atoms with Crippen LogP contribution in [0.1, 0.15) is 15.9 Å². The summed E-state index contributed by atoms with van der Waals surface area (Å²) in [6.07, 6.45) is 2.69. The first-order chi connectivity index (χ1) is 9.75. The number of hydroxylamine groups is 1. The lowest BCUT2D eigenvalue weighted by molar-refractivity contribution is -0.133. The Morgan fingerprint density at radius 3 is 2.65 bits per heavy atom. The van der Waals surface area contributed by atoms with E-state index in [1.807, 2.05) is 30.3 Å². The number of amides is 2. The van der Waals surface area contributed by atoms with Crippen molar-refractivity contribution >= 4 is 11.8 Å². The molecular weight excluding hydrogens is 260 g/mol. The average molecular weight is 274 g/mol. The fourth-order valence-electron chi connectivity index (χ4n) is 1.47. The van der Waals surface area contributed by atoms with Crippen molar-refractivity contribution < 1.29 is 18.8 Å². The van der Waals surface area contributed by atoms with Gasteiger partial charge in [-0.25, -0.2) is 5.48 Å². The topological polar surface area (TPSA) is 80.6 Å². The van der Waals surface area contributed by atoms with Crippen LogP contribution in [-0.4, -0.2) is 18.4 Å². The minimum Gasteiger partial charge on any atom is -0.472 e. The number of rotatable bonds is 6. The first kappa shape index (κ1) is 13.8. The van der Waals surface area contributed by atoms with Gasteiger partial charge in [0.25, 0.3) is 11.8 Å². The Kier molecular flexibility index (Phi) is 4.91. The Hall–Kier alpha value is -2.60. The van der Waals surface area contributed by atoms with Crippen LogP contribution in [0.4, 0.5) is 0 Å². The van der Waals surface area contributed by atoms with Crippen LogP contribution in [0, 0.1) is 0 Å². The first-order valence-electron chi connectivity index (χ1n) is 6.00. The molecule has 104 valence electrons. The van der Waals surface area contributed by atoms with Gasteiger partial charge in [0.2, 0.25) is 0 Å². The monoisotopic (exact) mass is 274 g/mol. The van der Waals surface area contributed by atoms with Gasteiger partial charge in [0.1, 0.15) is 6.26 Å². The molecular formula is C14H14N2O4. The molecule has 1 heterocycles. The molecule has 0 fully saturated rings. The Balaban J connectivity index is 1.65. The molecule has 0 aliphatic rings. The summed E-state index contributed by atoms with van der Waals surface area (Å²) in [6, 6.07) is 10.9. The second-order valence-electron chi connectivity index (χ2n) is 3.99. The van der Waals surface area contributed by atoms with Crippen molar-refractivity contribution in [3.8, 4) is 0 Å². The van der Waals surface area contributed by atoms with E-state index in [0.717, 1.165) is 5.56 Å². The molecule has 1 aromatic heterocycles. The van der Waals surface area contributed by atoms with Crippen LogP contribution < -0.4 is 10.8 Å². The van der Waals surface area contributed by atoms with Gasteiger partial charge in [-0.3, -0.25) is 14.4 Å². The normalized spacial score (nSPS) is 10.0. The summed E-state index contributed by atoms with van der Waals surface area (Å²) in [4.78, 5) is 28.0. The molecule has 0 aliphatic carbocycles. The summed E-state index contributed by atoms with van der Waals surface area (Å²) in [5, 5.41) is 2.44. The molecule has 0 saturated heterocycles. The van der Waals surface area contributed by atoms with Crippen LogP contribution in [0.5, 0.6) is 0 Å². The molecule has 0 saturated carbocycles. The SMILES string of the molecule is O=C(CNC(=O)c1ccoc1)NOCc1ccccc1. The van der Waals surface area contributed by atoms with Crippen molar-refractivity contribution in [1.29, 1.82) is 0 Å². The predicted molar refractivity (Wildman–Crippen MR) is 70.4 cm³/mol. The highest BCUT2D eigenvalue weighted by molar-refractivity contribution is 5.95. The molecule has 6 heteroatoms. The number of carbonyl (C=O) groups excluding carboxylic acids is 2. The Labute approximate surface area is 115 Å². The lowest BCUT2D eigenvalue weighted by Crippen LogP contribution is -2.36. The van der Waals surface area contributed by atoms with Gasteiger partial charge >= 0.3 is 0 Å². The van der Waals surface area contributed by atoms with Crippen molar-refractivity contribution in [2.75, 3.05) is 6.54 Å². The number of hydrogen-bond acceptors (Lipinski definition) is 4. The van der Waals surface area contributed by atoms with Gasteiger partial charge in [0.15, 0.2) is 0 Å². The molecule has 1 aromatic carbocycles. The zero-order valence-corrected chi connectivity index (χ0v) is 10.7. The van der Waals surface area contributed by atoms with Crippen LogP contribution in [0.25, 0.3) is 0 Å². The zero-order chi connectivity index (χ0) is 14.2. The quantitative estimate of drug-likeness (QED) is 0.777. The second kappa shape index (κ2) is 7.10. The van der Waals surface area contributed by atoms with Crippen molar-refractivity contribution in [2.45, 2.75) is 6.61 Å². The van der Waals surface area contributed by atoms with Gasteiger partial charge in [-0.1, -0.05) is 30.3 Å². The smallest absolute Gasteiger partial charge is 0.262 e. The maximum Gasteiger partial charge on any atom is 0.262 e. The molecule has 6 nitrogen and oxygen atoms in total. The molecule has 0 radical (unpaired) electrons. The maximum atomic E-state index is 11.5. The van der Waals surface area contributed by atoms with Gasteiger partial charge < -0.3 is 9.73 Å². The third kappa shape index (κ3) is 4.25. The summed E-state index contributed by atoms with van der Waals surface area (Å²) in [5.74, 6) is -0.810. The highest BCUT2D eigenvalue weighted by atomic mass is 16.6. The van der Waals surface area contributed by atoms with Crippen LogP contribution in [0.15, 0.2) is 53.3 Å². The molecule has 0 unspecified atom stereocenters. The fraction of sp³-hybridized carbons (Fsp3) is 0.143. The number of benzene rings is 1. The molecule has 2 rings (SSSR count). The third-order valence-corrected chi connectivity index (χ3v) is 2.46. The molecule has 0 bridgehead atoms. The number of nitrogens with one attached hydrogen (secondary N) is 2. The fourth-order valence-corrected chi connectivity index (χ4v) is 1.47. The van der Waals surface area contributed by atoms with E-state index in [4.69, 9.17) is 9.25 Å². The minimum atomic E-state index is -0.433. The van der Waals surface area contributed by atoms with Gasteiger partial charge in [0, 0.05) is 0 Å². The van der Waals surface area contributed by atoms with Gasteiger partial charge in [0.05, 0.1) is 25.0 Å². The van der Waals surface area contributed by atoms with E-state index in [0.29, 0.717) is 5.56 Å². The van der Waals surface area contributed by atoms with Crippen LogP contribution in [0.3, 0.4) is 0 Å². The van der Waals surface area contributed by atoms with Crippen molar-refractivity contribution in [2.24, 2.45) is 0 Å². The molecule has 0 spiro atoms. The summed E-state index contributed by atoms with van der Waals surface area (Å²) in [5.41, 5.74) is 3.56. The number of carbonyl (C=O) groups is 2. The lowest BCUT2D eigenvalue weighted by atomic mass is 10.2. The van der Waals surface area contributed by atoms with Gasteiger partial charge in [-0.05, 0) is 11.6 Å². The van der Waals surface area contributed by atoms with Crippen molar-refractivity contribution in [1.82, 2.24) is 10.8 Å². The van der Waals surface area contributed by atoms with Crippen LogP contribution in [0.2, 0.25) is 0 Å². The number of hydrogen-bond donors (Lipinski definition) is 2. The van der Waals surface area contributed by atoms with Crippen molar-refractivity contribution in [3.63, 3.8) is 0 Å². The molecule has 0 aliphatic heterocycles. The van der Waals surface area contributed by atoms with E-state index in [2.05, 4.69) is 10.8 Å². The van der Waals surface area contributed by atoms with Crippen LogP contribution in [-0.2, 0) is 16.2 Å². The van der Waals surface area contributed by atoms with E-state index in [1.165, 1.54) is 18.6 Å². The highest BCUT2D eigenvalue weighted by Gasteiger charge is 2.08. The minimum absolute atomic E-state index is 0.168. The predicted octanol–water partition coefficient (Wildman–Crippen LogP) is 1.26. The van der Waals surface area contributed by atoms with Crippen molar-refractivity contribution in [3.05, 3.63) is 60.1 Å². The van der Waals surface area contributed by atoms with E-state index >= 15 is 0 Å². The molecule has 0 atom stereocenters. The summed E-state index contributed by atoms with van der Waals surface area (Å²) >= 11 is 0. The van der Waals surface area contributed by atoms with Gasteiger partial charge in [-0.2, -0.15) is 0 Å². The largest absolute Gasteiger partial charge is 0.472 e. The van der Waals surface area contributed by atoms with Gasteiger partial charge in [-0.15, -0.1) is 0 Å². The highest BCUT2D eigenvalue weighted by Crippen LogP contribution is 1.99. The molecule has 2 amide bonds. The number of furan rings is 1. The summed E-state index contributed by atoms with van der Waals surface area (Å²) < 4.78 is 4.77. The second-order valence-corrected chi connectivity index (χ2v) is 3.99. The molecule has 2 N–H and O–H groups in total. The summed E-state index contributed by atoms with van der Waals surface area (Å²) in [6.45, 7) is 0.0983. The Morgan fingerprint density at radius 1 is 1.15 bits per heavy atom. The van der Waals surface area contributed by atoms with E-state index < -0.39 is 5.91 Å². The average Bonchev–Trinajstić information content (AvgIpc) is 3.00. The van der Waals surface area contributed by atoms with E-state index in [1.54, 1.807) is 0 Å². The van der Waals surface area contributed by atoms with E-state index in [9.17, 15) is 9.59 Å². The molecule has 2 aromatic rings. The third-order valence-electron chi connectivity index (χ3n) is 2.46. The van der Waals surface area contributed by atoms with E-state index in [-0.39, 0.29) is 19.1 Å². The standard InChI is InChI=1S/C14H14N2O4/c17-13(8-15-14(18)12-6-7-19-10-12)16-20-9-11-4-2-1-3-5-11/h1-7,10H,8-9H2,(H,15,18)(H,16,17). The molecule has 20 heavy (non-hydrogen) atoms. The first-order valence-corrected chi connectivity index (χ1v) is 6.00. The summed E-state index contributed by atoms with van der Waals surface area (Å²) in [7, 11) is 0. The Bertz CT molecular complexity index is 552. The maximum absolute atomic E-state index is 11.5. The lowest BCUT2D eigenvalue weighted by Gasteiger charge is -2.06. The Morgan fingerprint density at radius 2 is 1.95 bits per heavy atom. The zero-order valence-electron chi connectivity index (χ0n) is 10.7.